The third kappa shape index (κ3) is 3.86. The van der Waals surface area contributed by atoms with Gasteiger partial charge in [-0.05, 0) is 43.7 Å². The summed E-state index contributed by atoms with van der Waals surface area (Å²) in [6.45, 7) is 2.56. The standard InChI is InChI=1S/C21H18ClFN2O5/c1-10(20(29)24-9-18(27)28)19-11(2)25(16-8-15(23)17(26)7-14(16)19)21(30)12-4-3-5-13(22)6-12/h3-8,10,26H,9H2,1-2H3,(H,24,29)(H,27,28)/t10-/m1/s1. The number of hydrogen-bond acceptors (Lipinski definition) is 4. The van der Waals surface area contributed by atoms with Gasteiger partial charge in [0.15, 0.2) is 11.6 Å². The predicted octanol–water partition coefficient (Wildman–Crippen LogP) is 3.44. The molecule has 0 saturated carbocycles. The summed E-state index contributed by atoms with van der Waals surface area (Å²) in [7, 11) is 0. The van der Waals surface area contributed by atoms with E-state index in [1.165, 1.54) is 17.6 Å². The molecule has 7 nitrogen and oxygen atoms in total. The van der Waals surface area contributed by atoms with E-state index in [2.05, 4.69) is 5.32 Å². The molecule has 0 aliphatic carbocycles. The number of nitrogens with zero attached hydrogens (tertiary/aromatic N) is 1. The Balaban J connectivity index is 2.20. The van der Waals surface area contributed by atoms with Gasteiger partial charge in [0.1, 0.15) is 6.54 Å². The number of halogens is 2. The maximum absolute atomic E-state index is 14.1. The molecule has 0 spiro atoms. The molecular weight excluding hydrogens is 415 g/mol. The van der Waals surface area contributed by atoms with E-state index in [-0.39, 0.29) is 11.1 Å². The van der Waals surface area contributed by atoms with Crippen LogP contribution in [-0.2, 0) is 9.59 Å². The van der Waals surface area contributed by atoms with Crippen molar-refractivity contribution in [1.82, 2.24) is 9.88 Å². The number of phenolic OH excluding ortho intramolecular Hbond substituents is 1. The highest BCUT2D eigenvalue weighted by molar-refractivity contribution is 6.31. The van der Waals surface area contributed by atoms with Gasteiger partial charge >= 0.3 is 5.97 Å². The van der Waals surface area contributed by atoms with E-state index in [9.17, 15) is 23.9 Å². The average molecular weight is 433 g/mol. The minimum Gasteiger partial charge on any atom is -0.505 e. The molecule has 0 saturated heterocycles. The fraction of sp³-hybridized carbons (Fsp3) is 0.190. The molecule has 0 radical (unpaired) electrons. The number of hydrogen-bond donors (Lipinski definition) is 3. The van der Waals surface area contributed by atoms with Gasteiger partial charge in [-0.25, -0.2) is 4.39 Å². The number of fused-ring (bicyclic) bond motifs is 1. The third-order valence-corrected chi connectivity index (χ3v) is 5.07. The second-order valence-corrected chi connectivity index (χ2v) is 7.24. The lowest BCUT2D eigenvalue weighted by molar-refractivity contribution is -0.138. The van der Waals surface area contributed by atoms with Crippen molar-refractivity contribution in [3.63, 3.8) is 0 Å². The molecule has 2 aromatic carbocycles. The summed E-state index contributed by atoms with van der Waals surface area (Å²) in [5, 5.41) is 21.6. The second kappa shape index (κ2) is 8.16. The van der Waals surface area contributed by atoms with Crippen molar-refractivity contribution in [3.05, 3.63) is 64.1 Å². The average Bonchev–Trinajstić information content (AvgIpc) is 2.96. The lowest BCUT2D eigenvalue weighted by Crippen LogP contribution is -2.32. The molecule has 1 atom stereocenters. The molecule has 9 heteroatoms. The van der Waals surface area contributed by atoms with Crippen LogP contribution in [0, 0.1) is 12.7 Å². The first kappa shape index (κ1) is 21.3. The van der Waals surface area contributed by atoms with Gasteiger partial charge in [0, 0.05) is 27.7 Å². The summed E-state index contributed by atoms with van der Waals surface area (Å²) in [6, 6.07) is 8.40. The number of phenols is 1. The van der Waals surface area contributed by atoms with Gasteiger partial charge in [0.2, 0.25) is 5.91 Å². The predicted molar refractivity (Wildman–Crippen MR) is 109 cm³/mol. The van der Waals surface area contributed by atoms with Gasteiger partial charge in [-0.15, -0.1) is 0 Å². The Morgan fingerprint density at radius 1 is 1.23 bits per heavy atom. The molecule has 1 aromatic heterocycles. The maximum Gasteiger partial charge on any atom is 0.322 e. The zero-order valence-electron chi connectivity index (χ0n) is 16.1. The number of rotatable bonds is 5. The van der Waals surface area contributed by atoms with E-state index < -0.39 is 41.8 Å². The summed E-state index contributed by atoms with van der Waals surface area (Å²) >= 11 is 5.98. The van der Waals surface area contributed by atoms with E-state index in [1.807, 2.05) is 0 Å². The van der Waals surface area contributed by atoms with E-state index in [0.29, 0.717) is 21.7 Å². The number of aromatic hydroxyl groups is 1. The number of carboxylic acids is 1. The number of benzene rings is 2. The number of carbonyl (C=O) groups excluding carboxylic acids is 2. The smallest absolute Gasteiger partial charge is 0.322 e. The summed E-state index contributed by atoms with van der Waals surface area (Å²) in [6.07, 6.45) is 0. The molecule has 0 aliphatic rings. The Morgan fingerprint density at radius 3 is 2.57 bits per heavy atom. The van der Waals surface area contributed by atoms with Crippen LogP contribution in [0.1, 0.15) is 34.5 Å². The number of carbonyl (C=O) groups is 3. The lowest BCUT2D eigenvalue weighted by Gasteiger charge is -2.13. The fourth-order valence-corrected chi connectivity index (χ4v) is 3.64. The van der Waals surface area contributed by atoms with Crippen LogP contribution in [0.4, 0.5) is 4.39 Å². The van der Waals surface area contributed by atoms with Crippen molar-refractivity contribution in [1.29, 1.82) is 0 Å². The van der Waals surface area contributed by atoms with Crippen LogP contribution in [-0.4, -0.2) is 39.1 Å². The minimum absolute atomic E-state index is 0.167. The highest BCUT2D eigenvalue weighted by Crippen LogP contribution is 2.36. The first-order valence-electron chi connectivity index (χ1n) is 8.95. The van der Waals surface area contributed by atoms with Crippen LogP contribution in [0.3, 0.4) is 0 Å². The molecule has 1 amide bonds. The zero-order chi connectivity index (χ0) is 22.2. The highest BCUT2D eigenvalue weighted by atomic mass is 35.5. The Bertz CT molecular complexity index is 1190. The number of carboxylic acid groups (broad SMARTS) is 1. The van der Waals surface area contributed by atoms with Crippen LogP contribution < -0.4 is 5.32 Å². The Morgan fingerprint density at radius 2 is 1.93 bits per heavy atom. The fourth-order valence-electron chi connectivity index (χ4n) is 3.45. The van der Waals surface area contributed by atoms with Gasteiger partial charge < -0.3 is 15.5 Å². The second-order valence-electron chi connectivity index (χ2n) is 6.80. The van der Waals surface area contributed by atoms with Crippen molar-refractivity contribution in [3.8, 4) is 5.75 Å². The first-order valence-corrected chi connectivity index (χ1v) is 9.32. The number of nitrogens with one attached hydrogen (secondary N) is 1. The number of aliphatic carboxylic acids is 1. The van der Waals surface area contributed by atoms with Crippen LogP contribution in [0.5, 0.6) is 5.75 Å². The molecule has 156 valence electrons. The number of amides is 1. The molecule has 3 rings (SSSR count). The van der Waals surface area contributed by atoms with Gasteiger partial charge in [-0.3, -0.25) is 19.0 Å². The minimum atomic E-state index is -1.20. The van der Waals surface area contributed by atoms with Crippen molar-refractivity contribution >= 4 is 40.3 Å². The Hall–Kier alpha value is -3.39. The largest absolute Gasteiger partial charge is 0.505 e. The summed E-state index contributed by atoms with van der Waals surface area (Å²) in [4.78, 5) is 36.4. The van der Waals surface area contributed by atoms with Gasteiger partial charge in [0.05, 0.1) is 11.4 Å². The molecule has 30 heavy (non-hydrogen) atoms. The van der Waals surface area contributed by atoms with Gasteiger partial charge in [-0.1, -0.05) is 17.7 Å². The maximum atomic E-state index is 14.1. The quantitative estimate of drug-likeness (QED) is 0.572. The topological polar surface area (TPSA) is 109 Å². The summed E-state index contributed by atoms with van der Waals surface area (Å²) in [5.74, 6) is -4.70. The molecule has 0 aliphatic heterocycles. The molecule has 1 heterocycles. The highest BCUT2D eigenvalue weighted by Gasteiger charge is 2.28. The van der Waals surface area contributed by atoms with Crippen molar-refractivity contribution in [2.24, 2.45) is 0 Å². The SMILES string of the molecule is Cc1c([C@@H](C)C(=O)NCC(=O)O)c2cc(O)c(F)cc2n1C(=O)c1cccc(Cl)c1. The Labute approximate surface area is 175 Å². The van der Waals surface area contributed by atoms with Gasteiger partial charge in [-0.2, -0.15) is 0 Å². The first-order chi connectivity index (χ1) is 14.1. The summed E-state index contributed by atoms with van der Waals surface area (Å²) < 4.78 is 15.4. The van der Waals surface area contributed by atoms with Crippen LogP contribution >= 0.6 is 11.6 Å². The van der Waals surface area contributed by atoms with Gasteiger partial charge in [0.25, 0.3) is 5.91 Å². The normalized spacial score (nSPS) is 12.0. The number of aromatic nitrogens is 1. The molecular formula is C21H18ClFN2O5. The monoisotopic (exact) mass is 432 g/mol. The third-order valence-electron chi connectivity index (χ3n) is 4.84. The lowest BCUT2D eigenvalue weighted by atomic mass is 9.97. The van der Waals surface area contributed by atoms with Crippen LogP contribution in [0.2, 0.25) is 5.02 Å². The van der Waals surface area contributed by atoms with E-state index >= 15 is 0 Å². The summed E-state index contributed by atoms with van der Waals surface area (Å²) in [5.41, 5.74) is 1.16. The van der Waals surface area contributed by atoms with Crippen molar-refractivity contribution in [2.45, 2.75) is 19.8 Å². The molecule has 0 fully saturated rings. The zero-order valence-corrected chi connectivity index (χ0v) is 16.8. The van der Waals surface area contributed by atoms with E-state index in [0.717, 1.165) is 12.1 Å². The molecule has 0 unspecified atom stereocenters. The van der Waals surface area contributed by atoms with Crippen molar-refractivity contribution in [2.75, 3.05) is 6.54 Å². The van der Waals surface area contributed by atoms with Crippen LogP contribution in [0.15, 0.2) is 36.4 Å². The van der Waals surface area contributed by atoms with E-state index in [1.54, 1.807) is 25.1 Å². The van der Waals surface area contributed by atoms with E-state index in [4.69, 9.17) is 16.7 Å². The molecule has 0 bridgehead atoms. The molecule has 3 N–H and O–H groups in total. The Kier molecular flexibility index (Phi) is 5.80. The van der Waals surface area contributed by atoms with Crippen LogP contribution in [0.25, 0.3) is 10.9 Å². The molecule has 3 aromatic rings. The van der Waals surface area contributed by atoms with Crippen molar-refractivity contribution < 1.29 is 29.0 Å².